The van der Waals surface area contributed by atoms with Gasteiger partial charge in [-0.05, 0) is 25.1 Å². The van der Waals surface area contributed by atoms with E-state index in [1.807, 2.05) is 0 Å². The average Bonchev–Trinajstić information content (AvgIpc) is 2.84. The highest BCUT2D eigenvalue weighted by Gasteiger charge is 2.24. The maximum atomic E-state index is 14.1. The number of aromatic nitrogens is 3. The minimum Gasteiger partial charge on any atom is -0.493 e. The van der Waals surface area contributed by atoms with Crippen LogP contribution in [-0.2, 0) is 0 Å². The van der Waals surface area contributed by atoms with Crippen molar-refractivity contribution in [3.63, 3.8) is 0 Å². The predicted molar refractivity (Wildman–Crippen MR) is 129 cm³/mol. The van der Waals surface area contributed by atoms with Gasteiger partial charge in [-0.15, -0.1) is 0 Å². The van der Waals surface area contributed by atoms with Gasteiger partial charge in [-0.25, -0.2) is 19.3 Å². The number of nitrogens with one attached hydrogen (secondary N) is 4. The highest BCUT2D eigenvalue weighted by molar-refractivity contribution is 5.75. The van der Waals surface area contributed by atoms with Gasteiger partial charge in [0.1, 0.15) is 17.5 Å². The zero-order valence-corrected chi connectivity index (χ0v) is 19.3. The fraction of sp³-hybridized carbons (Fsp3) is 0.348. The highest BCUT2D eigenvalue weighted by atomic mass is 19.1. The summed E-state index contributed by atoms with van der Waals surface area (Å²) >= 11 is 0. The molecule has 0 saturated carbocycles. The van der Waals surface area contributed by atoms with E-state index in [9.17, 15) is 4.39 Å². The van der Waals surface area contributed by atoms with E-state index in [4.69, 9.17) is 14.2 Å². The van der Waals surface area contributed by atoms with E-state index in [1.165, 1.54) is 0 Å². The number of halogens is 1. The van der Waals surface area contributed by atoms with Crippen LogP contribution in [-0.4, -0.2) is 61.6 Å². The zero-order valence-electron chi connectivity index (χ0n) is 19.3. The molecule has 0 amide bonds. The molecular formula is C23H28FN7O3. The summed E-state index contributed by atoms with van der Waals surface area (Å²) in [6.45, 7) is 5.04. The Morgan fingerprint density at radius 1 is 1.09 bits per heavy atom. The lowest BCUT2D eigenvalue weighted by atomic mass is 10.1. The molecule has 0 spiro atoms. The van der Waals surface area contributed by atoms with Crippen molar-refractivity contribution in [2.75, 3.05) is 45.1 Å². The van der Waals surface area contributed by atoms with E-state index in [2.05, 4.69) is 42.8 Å². The molecule has 34 heavy (non-hydrogen) atoms. The van der Waals surface area contributed by atoms with Crippen LogP contribution >= 0.6 is 0 Å². The van der Waals surface area contributed by atoms with Crippen LogP contribution in [0.25, 0.3) is 11.2 Å². The van der Waals surface area contributed by atoms with Gasteiger partial charge in [0.15, 0.2) is 23.0 Å². The number of piperidine rings is 1. The molecule has 4 rings (SSSR count). The van der Waals surface area contributed by atoms with E-state index in [0.29, 0.717) is 64.5 Å². The number of nitrogens with zero attached hydrogens (tertiary/aromatic N) is 3. The molecule has 11 heteroatoms. The van der Waals surface area contributed by atoms with Crippen LogP contribution in [0, 0.1) is 0 Å². The maximum absolute atomic E-state index is 14.1. The smallest absolute Gasteiger partial charge is 0.203 e. The van der Waals surface area contributed by atoms with Crippen LogP contribution in [0.4, 0.5) is 21.7 Å². The van der Waals surface area contributed by atoms with Gasteiger partial charge in [0.05, 0.1) is 39.4 Å². The predicted octanol–water partition coefficient (Wildman–Crippen LogP) is 2.97. The zero-order chi connectivity index (χ0) is 24.1. The number of rotatable bonds is 9. The Labute approximate surface area is 196 Å². The Morgan fingerprint density at radius 3 is 2.50 bits per heavy atom. The number of pyridine rings is 1. The molecule has 1 aromatic carbocycles. The third-order valence-corrected chi connectivity index (χ3v) is 5.39. The maximum Gasteiger partial charge on any atom is 0.203 e. The summed E-state index contributed by atoms with van der Waals surface area (Å²) in [6, 6.07) is 6.82. The SMILES string of the molecule is C=C(Nc1ccc2ncc(Nc3cc(OC)c(OC)c(OC)c3)nc2n1)NC1CCNCC1F. The van der Waals surface area contributed by atoms with E-state index < -0.39 is 6.17 Å². The van der Waals surface area contributed by atoms with Gasteiger partial charge < -0.3 is 35.5 Å². The largest absolute Gasteiger partial charge is 0.493 e. The van der Waals surface area contributed by atoms with Crippen LogP contribution in [0.5, 0.6) is 17.2 Å². The molecular weight excluding hydrogens is 441 g/mol. The minimum absolute atomic E-state index is 0.296. The molecule has 3 heterocycles. The molecule has 0 aliphatic carbocycles. The number of alkyl halides is 1. The van der Waals surface area contributed by atoms with E-state index in [-0.39, 0.29) is 6.04 Å². The number of ether oxygens (including phenoxy) is 3. The first-order chi connectivity index (χ1) is 16.5. The molecule has 4 N–H and O–H groups in total. The van der Waals surface area contributed by atoms with Crippen LogP contribution < -0.4 is 35.5 Å². The van der Waals surface area contributed by atoms with Crippen molar-refractivity contribution in [3.05, 3.63) is 42.9 Å². The van der Waals surface area contributed by atoms with Crippen molar-refractivity contribution in [3.8, 4) is 17.2 Å². The molecule has 180 valence electrons. The van der Waals surface area contributed by atoms with Gasteiger partial charge >= 0.3 is 0 Å². The fourth-order valence-electron chi connectivity index (χ4n) is 3.73. The quantitative estimate of drug-likeness (QED) is 0.373. The van der Waals surface area contributed by atoms with Gasteiger partial charge in [-0.3, -0.25) is 0 Å². The van der Waals surface area contributed by atoms with E-state index >= 15 is 0 Å². The first kappa shape index (κ1) is 23.3. The summed E-state index contributed by atoms with van der Waals surface area (Å²) in [5.41, 5.74) is 1.74. The lowest BCUT2D eigenvalue weighted by Gasteiger charge is -2.29. The molecule has 0 bridgehead atoms. The fourth-order valence-corrected chi connectivity index (χ4v) is 3.73. The van der Waals surface area contributed by atoms with Crippen LogP contribution in [0.2, 0.25) is 0 Å². The molecule has 1 fully saturated rings. The number of fused-ring (bicyclic) bond motifs is 1. The molecule has 0 radical (unpaired) electrons. The first-order valence-electron chi connectivity index (χ1n) is 10.8. The molecule has 3 aromatic rings. The second kappa shape index (κ2) is 10.4. The third-order valence-electron chi connectivity index (χ3n) is 5.39. The van der Waals surface area contributed by atoms with Crippen molar-refractivity contribution in [2.45, 2.75) is 18.6 Å². The van der Waals surface area contributed by atoms with Crippen molar-refractivity contribution in [1.82, 2.24) is 25.6 Å². The summed E-state index contributed by atoms with van der Waals surface area (Å²) in [6.07, 6.45) is 1.31. The highest BCUT2D eigenvalue weighted by Crippen LogP contribution is 2.40. The second-order valence-corrected chi connectivity index (χ2v) is 7.70. The van der Waals surface area contributed by atoms with Gasteiger partial charge in [-0.2, -0.15) is 0 Å². The standard InChI is InChI=1S/C23H28FN7O3/c1-13(27-16-7-8-25-11-15(16)24)28-20-6-5-17-23(30-20)31-21(12-26-17)29-14-9-18(32-2)22(34-4)19(10-14)33-3/h5-6,9-10,12,15-16,25,27H,1,7-8,11H2,2-4H3,(H2,28,29,30,31). The molecule has 10 nitrogen and oxygen atoms in total. The Hall–Kier alpha value is -3.86. The number of methoxy groups -OCH3 is 3. The molecule has 1 saturated heterocycles. The minimum atomic E-state index is -0.980. The van der Waals surface area contributed by atoms with E-state index in [1.54, 1.807) is 51.8 Å². The normalized spacial score (nSPS) is 17.6. The summed E-state index contributed by atoms with van der Waals surface area (Å²) in [5, 5.41) is 12.4. The lowest BCUT2D eigenvalue weighted by Crippen LogP contribution is -2.49. The van der Waals surface area contributed by atoms with Crippen LogP contribution in [0.1, 0.15) is 6.42 Å². The Kier molecular flexibility index (Phi) is 7.12. The second-order valence-electron chi connectivity index (χ2n) is 7.70. The van der Waals surface area contributed by atoms with E-state index in [0.717, 1.165) is 6.54 Å². The number of hydrogen-bond acceptors (Lipinski definition) is 10. The summed E-state index contributed by atoms with van der Waals surface area (Å²) < 4.78 is 30.2. The summed E-state index contributed by atoms with van der Waals surface area (Å²) in [7, 11) is 4.65. The Morgan fingerprint density at radius 2 is 1.82 bits per heavy atom. The van der Waals surface area contributed by atoms with Crippen molar-refractivity contribution >= 4 is 28.5 Å². The third kappa shape index (κ3) is 5.20. The Balaban J connectivity index is 1.51. The number of anilines is 3. The van der Waals surface area contributed by atoms with Crippen molar-refractivity contribution in [2.24, 2.45) is 0 Å². The monoisotopic (exact) mass is 469 g/mol. The van der Waals surface area contributed by atoms with Crippen molar-refractivity contribution < 1.29 is 18.6 Å². The molecule has 2 atom stereocenters. The Bertz CT molecular complexity index is 1150. The van der Waals surface area contributed by atoms with Gasteiger partial charge in [-0.1, -0.05) is 6.58 Å². The molecule has 2 unspecified atom stereocenters. The van der Waals surface area contributed by atoms with Gasteiger partial charge in [0.25, 0.3) is 0 Å². The van der Waals surface area contributed by atoms with Gasteiger partial charge in [0.2, 0.25) is 5.75 Å². The first-order valence-corrected chi connectivity index (χ1v) is 10.8. The number of hydrogen-bond donors (Lipinski definition) is 4. The van der Waals surface area contributed by atoms with Crippen molar-refractivity contribution in [1.29, 1.82) is 0 Å². The molecule has 1 aliphatic rings. The number of benzene rings is 1. The topological polar surface area (TPSA) is 114 Å². The lowest BCUT2D eigenvalue weighted by molar-refractivity contribution is 0.212. The van der Waals surface area contributed by atoms with Crippen LogP contribution in [0.15, 0.2) is 42.9 Å². The summed E-state index contributed by atoms with van der Waals surface area (Å²) in [5.74, 6) is 3.00. The van der Waals surface area contributed by atoms with Crippen LogP contribution in [0.3, 0.4) is 0 Å². The molecule has 2 aromatic heterocycles. The summed E-state index contributed by atoms with van der Waals surface area (Å²) in [4.78, 5) is 13.5. The average molecular weight is 470 g/mol. The van der Waals surface area contributed by atoms with Gasteiger partial charge in [0, 0.05) is 24.4 Å². The molecule has 1 aliphatic heterocycles.